The van der Waals surface area contributed by atoms with E-state index in [1.807, 2.05) is 0 Å². The van der Waals surface area contributed by atoms with Crippen LogP contribution in [0.2, 0.25) is 0 Å². The Hall–Kier alpha value is -1.45. The van der Waals surface area contributed by atoms with Crippen molar-refractivity contribution in [2.75, 3.05) is 5.32 Å². The van der Waals surface area contributed by atoms with Gasteiger partial charge in [-0.1, -0.05) is 6.42 Å². The van der Waals surface area contributed by atoms with E-state index in [4.69, 9.17) is 0 Å². The predicted molar refractivity (Wildman–Crippen MR) is 48.0 cm³/mol. The molecule has 1 aromatic rings. The Balaban J connectivity index is 1.94. The van der Waals surface area contributed by atoms with Crippen molar-refractivity contribution in [3.63, 3.8) is 0 Å². The standard InChI is InChI=1S/C9H11N3O/c13-9(7-2-1-3-7)12-8-6-10-4-5-11-8/h4-7H,1-3H2,(H,11,12,13). The topological polar surface area (TPSA) is 54.9 Å². The van der Waals surface area contributed by atoms with Gasteiger partial charge in [-0.3, -0.25) is 9.78 Å². The molecule has 1 fully saturated rings. The highest BCUT2D eigenvalue weighted by molar-refractivity contribution is 5.91. The minimum absolute atomic E-state index is 0.0757. The fraction of sp³-hybridized carbons (Fsp3) is 0.444. The third kappa shape index (κ3) is 1.83. The molecule has 0 spiro atoms. The fourth-order valence-corrected chi connectivity index (χ4v) is 1.26. The second kappa shape index (κ2) is 3.51. The van der Waals surface area contributed by atoms with Crippen LogP contribution in [0.15, 0.2) is 18.6 Å². The number of carbonyl (C=O) groups excluding carboxylic acids is 1. The predicted octanol–water partition coefficient (Wildman–Crippen LogP) is 1.22. The Bertz CT molecular complexity index is 295. The zero-order valence-corrected chi connectivity index (χ0v) is 7.23. The Kier molecular flexibility index (Phi) is 2.21. The molecule has 13 heavy (non-hydrogen) atoms. The number of hydrogen-bond acceptors (Lipinski definition) is 3. The van der Waals surface area contributed by atoms with E-state index in [0.717, 1.165) is 12.8 Å². The monoisotopic (exact) mass is 177 g/mol. The van der Waals surface area contributed by atoms with Crippen molar-refractivity contribution in [2.45, 2.75) is 19.3 Å². The Morgan fingerprint density at radius 2 is 2.31 bits per heavy atom. The van der Waals surface area contributed by atoms with Gasteiger partial charge in [-0.15, -0.1) is 0 Å². The van der Waals surface area contributed by atoms with Crippen molar-refractivity contribution in [3.05, 3.63) is 18.6 Å². The first kappa shape index (κ1) is 8.16. The highest BCUT2D eigenvalue weighted by Crippen LogP contribution is 2.27. The Morgan fingerprint density at radius 3 is 2.85 bits per heavy atom. The maximum atomic E-state index is 11.4. The molecule has 1 amide bonds. The summed E-state index contributed by atoms with van der Waals surface area (Å²) in [4.78, 5) is 19.2. The minimum Gasteiger partial charge on any atom is -0.309 e. The van der Waals surface area contributed by atoms with E-state index >= 15 is 0 Å². The SMILES string of the molecule is O=C(Nc1cnccn1)C1CCC1. The van der Waals surface area contributed by atoms with Gasteiger partial charge >= 0.3 is 0 Å². The van der Waals surface area contributed by atoms with Gasteiger partial charge in [0.25, 0.3) is 0 Å². The lowest BCUT2D eigenvalue weighted by Gasteiger charge is -2.23. The van der Waals surface area contributed by atoms with Gasteiger partial charge in [-0.05, 0) is 12.8 Å². The van der Waals surface area contributed by atoms with E-state index in [-0.39, 0.29) is 11.8 Å². The molecule has 0 radical (unpaired) electrons. The van der Waals surface area contributed by atoms with E-state index in [9.17, 15) is 4.79 Å². The maximum absolute atomic E-state index is 11.4. The van der Waals surface area contributed by atoms with E-state index in [1.54, 1.807) is 18.6 Å². The van der Waals surface area contributed by atoms with Crippen LogP contribution in [0.1, 0.15) is 19.3 Å². The number of hydrogen-bond donors (Lipinski definition) is 1. The minimum atomic E-state index is 0.0757. The Labute approximate surface area is 76.4 Å². The molecule has 0 saturated heterocycles. The molecule has 68 valence electrons. The number of amides is 1. The van der Waals surface area contributed by atoms with Crippen LogP contribution in [-0.2, 0) is 4.79 Å². The van der Waals surface area contributed by atoms with Crippen LogP contribution >= 0.6 is 0 Å². The summed E-state index contributed by atoms with van der Waals surface area (Å²) in [6.07, 6.45) is 7.88. The van der Waals surface area contributed by atoms with Crippen molar-refractivity contribution in [1.29, 1.82) is 0 Å². The van der Waals surface area contributed by atoms with E-state index in [0.29, 0.717) is 5.82 Å². The average molecular weight is 177 g/mol. The van der Waals surface area contributed by atoms with Crippen LogP contribution in [-0.4, -0.2) is 15.9 Å². The molecule has 1 heterocycles. The molecule has 0 aromatic carbocycles. The lowest BCUT2D eigenvalue weighted by atomic mass is 9.85. The van der Waals surface area contributed by atoms with E-state index in [2.05, 4.69) is 15.3 Å². The molecular formula is C9H11N3O. The summed E-state index contributed by atoms with van der Waals surface area (Å²) in [7, 11) is 0. The van der Waals surface area contributed by atoms with Gasteiger partial charge in [0.15, 0.2) is 5.82 Å². The highest BCUT2D eigenvalue weighted by Gasteiger charge is 2.25. The van der Waals surface area contributed by atoms with Crippen LogP contribution in [0.25, 0.3) is 0 Å². The van der Waals surface area contributed by atoms with Gasteiger partial charge in [-0.2, -0.15) is 0 Å². The van der Waals surface area contributed by atoms with Crippen LogP contribution in [0.3, 0.4) is 0 Å². The molecule has 1 aliphatic carbocycles. The third-order valence-corrected chi connectivity index (χ3v) is 2.29. The molecule has 1 saturated carbocycles. The van der Waals surface area contributed by atoms with Crippen molar-refractivity contribution in [2.24, 2.45) is 5.92 Å². The lowest BCUT2D eigenvalue weighted by molar-refractivity contribution is -0.122. The molecule has 1 N–H and O–H groups in total. The van der Waals surface area contributed by atoms with Crippen molar-refractivity contribution in [1.82, 2.24) is 9.97 Å². The number of carbonyl (C=O) groups is 1. The maximum Gasteiger partial charge on any atom is 0.228 e. The molecule has 0 bridgehead atoms. The smallest absolute Gasteiger partial charge is 0.228 e. The van der Waals surface area contributed by atoms with Crippen LogP contribution < -0.4 is 5.32 Å². The quantitative estimate of drug-likeness (QED) is 0.738. The summed E-state index contributed by atoms with van der Waals surface area (Å²) in [5.74, 6) is 0.813. The largest absolute Gasteiger partial charge is 0.309 e. The molecular weight excluding hydrogens is 166 g/mol. The molecule has 0 aliphatic heterocycles. The van der Waals surface area contributed by atoms with Crippen LogP contribution in [0, 0.1) is 5.92 Å². The van der Waals surface area contributed by atoms with Gasteiger partial charge in [0.1, 0.15) is 0 Å². The number of anilines is 1. The molecule has 1 aromatic heterocycles. The normalized spacial score (nSPS) is 16.3. The lowest BCUT2D eigenvalue weighted by Crippen LogP contribution is -2.28. The number of rotatable bonds is 2. The molecule has 4 nitrogen and oxygen atoms in total. The summed E-state index contributed by atoms with van der Waals surface area (Å²) in [6.45, 7) is 0. The number of nitrogens with zero attached hydrogens (tertiary/aromatic N) is 2. The van der Waals surface area contributed by atoms with Gasteiger partial charge in [0.2, 0.25) is 5.91 Å². The number of aromatic nitrogens is 2. The molecule has 4 heteroatoms. The van der Waals surface area contributed by atoms with E-state index < -0.39 is 0 Å². The summed E-state index contributed by atoms with van der Waals surface area (Å²) in [6, 6.07) is 0. The second-order valence-corrected chi connectivity index (χ2v) is 3.21. The first-order valence-corrected chi connectivity index (χ1v) is 4.43. The summed E-state index contributed by atoms with van der Waals surface area (Å²) < 4.78 is 0. The zero-order chi connectivity index (χ0) is 9.10. The van der Waals surface area contributed by atoms with Crippen molar-refractivity contribution >= 4 is 11.7 Å². The Morgan fingerprint density at radius 1 is 1.46 bits per heavy atom. The number of nitrogens with one attached hydrogen (secondary N) is 1. The van der Waals surface area contributed by atoms with Gasteiger partial charge in [0.05, 0.1) is 6.20 Å². The summed E-state index contributed by atoms with van der Waals surface area (Å²) in [5.41, 5.74) is 0. The van der Waals surface area contributed by atoms with Crippen LogP contribution in [0.5, 0.6) is 0 Å². The third-order valence-electron chi connectivity index (χ3n) is 2.29. The average Bonchev–Trinajstić information content (AvgIpc) is 2.02. The molecule has 1 aliphatic rings. The molecule has 2 rings (SSSR count). The fourth-order valence-electron chi connectivity index (χ4n) is 1.26. The van der Waals surface area contributed by atoms with Gasteiger partial charge in [-0.25, -0.2) is 4.98 Å². The van der Waals surface area contributed by atoms with Crippen molar-refractivity contribution < 1.29 is 4.79 Å². The van der Waals surface area contributed by atoms with Gasteiger partial charge < -0.3 is 5.32 Å². The summed E-state index contributed by atoms with van der Waals surface area (Å²) >= 11 is 0. The zero-order valence-electron chi connectivity index (χ0n) is 7.23. The van der Waals surface area contributed by atoms with E-state index in [1.165, 1.54) is 6.42 Å². The van der Waals surface area contributed by atoms with Gasteiger partial charge in [0, 0.05) is 18.3 Å². The first-order valence-electron chi connectivity index (χ1n) is 4.43. The highest BCUT2D eigenvalue weighted by atomic mass is 16.2. The second-order valence-electron chi connectivity index (χ2n) is 3.21. The van der Waals surface area contributed by atoms with Crippen molar-refractivity contribution in [3.8, 4) is 0 Å². The first-order chi connectivity index (χ1) is 6.36. The van der Waals surface area contributed by atoms with Crippen LogP contribution in [0.4, 0.5) is 5.82 Å². The molecule has 0 atom stereocenters. The molecule has 0 unspecified atom stereocenters. The summed E-state index contributed by atoms with van der Waals surface area (Å²) in [5, 5.41) is 2.73.